The lowest BCUT2D eigenvalue weighted by Crippen LogP contribution is -2.23. The van der Waals surface area contributed by atoms with E-state index in [1.54, 1.807) is 0 Å². The smallest absolute Gasteiger partial charge is 0.243 e. The van der Waals surface area contributed by atoms with Crippen molar-refractivity contribution < 1.29 is 8.98 Å². The first-order chi connectivity index (χ1) is 6.16. The molecule has 0 saturated carbocycles. The molecule has 0 atom stereocenters. The number of imidazole rings is 1. The fourth-order valence-corrected chi connectivity index (χ4v) is 1.46. The van der Waals surface area contributed by atoms with Gasteiger partial charge < -0.3 is 4.42 Å². The Morgan fingerprint density at radius 2 is 2.15 bits per heavy atom. The third-order valence-electron chi connectivity index (χ3n) is 2.05. The molecule has 0 fully saturated rings. The number of hydrogen-bond donors (Lipinski definition) is 0. The molecule has 3 nitrogen and oxygen atoms in total. The Kier molecular flexibility index (Phi) is 1.72. The van der Waals surface area contributed by atoms with Gasteiger partial charge in [0.1, 0.15) is 12.0 Å². The number of nitrogens with zero attached hydrogens (tertiary/aromatic N) is 2. The highest BCUT2D eigenvalue weighted by Gasteiger charge is 2.13. The minimum absolute atomic E-state index is 0.917. The fourth-order valence-electron chi connectivity index (χ4n) is 1.46. The summed E-state index contributed by atoms with van der Waals surface area (Å²) in [6.45, 7) is 1.95. The van der Waals surface area contributed by atoms with Crippen LogP contribution in [0.5, 0.6) is 0 Å². The molecule has 0 amide bonds. The molecule has 0 spiro atoms. The van der Waals surface area contributed by atoms with Gasteiger partial charge in [-0.05, 0) is 19.1 Å². The van der Waals surface area contributed by atoms with Crippen molar-refractivity contribution in [1.82, 2.24) is 4.57 Å². The largest absolute Gasteiger partial charge is 0.457 e. The second-order valence-electron chi connectivity index (χ2n) is 3.32. The molecule has 0 aliphatic carbocycles. The van der Waals surface area contributed by atoms with Gasteiger partial charge in [-0.3, -0.25) is 0 Å². The molecule has 0 aliphatic heterocycles. The molecular formula is C10H13N2O+. The van der Waals surface area contributed by atoms with E-state index in [2.05, 4.69) is 0 Å². The van der Waals surface area contributed by atoms with Crippen LogP contribution in [-0.2, 0) is 14.1 Å². The van der Waals surface area contributed by atoms with Crippen LogP contribution in [0.1, 0.15) is 5.76 Å². The molecule has 2 heterocycles. The van der Waals surface area contributed by atoms with E-state index in [-0.39, 0.29) is 0 Å². The summed E-state index contributed by atoms with van der Waals surface area (Å²) in [6.07, 6.45) is 4.05. The SMILES string of the molecule is Cc1ccc(-c2c[n+](C)cn2C)o1. The lowest BCUT2D eigenvalue weighted by Gasteiger charge is -1.89. The average Bonchev–Trinajstić information content (AvgIpc) is 2.58. The van der Waals surface area contributed by atoms with Crippen molar-refractivity contribution in [3.63, 3.8) is 0 Å². The van der Waals surface area contributed by atoms with Crippen molar-refractivity contribution in [2.24, 2.45) is 14.1 Å². The van der Waals surface area contributed by atoms with Crippen LogP contribution in [0.4, 0.5) is 0 Å². The molecule has 0 aliphatic rings. The number of rotatable bonds is 1. The Bertz CT molecular complexity index is 426. The first-order valence-electron chi connectivity index (χ1n) is 4.25. The van der Waals surface area contributed by atoms with Gasteiger partial charge in [0.15, 0.2) is 5.76 Å². The third kappa shape index (κ3) is 1.37. The Morgan fingerprint density at radius 1 is 1.38 bits per heavy atom. The van der Waals surface area contributed by atoms with Crippen molar-refractivity contribution in [1.29, 1.82) is 0 Å². The topological polar surface area (TPSA) is 21.9 Å². The Hall–Kier alpha value is -1.51. The van der Waals surface area contributed by atoms with Gasteiger partial charge in [0.25, 0.3) is 0 Å². The number of aromatic nitrogens is 2. The van der Waals surface area contributed by atoms with Crippen LogP contribution in [0, 0.1) is 6.92 Å². The molecule has 2 aromatic heterocycles. The van der Waals surface area contributed by atoms with E-state index in [9.17, 15) is 0 Å². The van der Waals surface area contributed by atoms with Gasteiger partial charge in [0, 0.05) is 0 Å². The summed E-state index contributed by atoms with van der Waals surface area (Å²) in [4.78, 5) is 0. The maximum absolute atomic E-state index is 5.53. The molecule has 0 unspecified atom stereocenters. The van der Waals surface area contributed by atoms with Crippen LogP contribution in [0.2, 0.25) is 0 Å². The van der Waals surface area contributed by atoms with Gasteiger partial charge in [-0.1, -0.05) is 0 Å². The zero-order valence-corrected chi connectivity index (χ0v) is 8.11. The quantitative estimate of drug-likeness (QED) is 0.604. The Balaban J connectivity index is 2.51. The minimum Gasteiger partial charge on any atom is -0.457 e. The number of furan rings is 1. The van der Waals surface area contributed by atoms with Crippen LogP contribution >= 0.6 is 0 Å². The van der Waals surface area contributed by atoms with Crippen LogP contribution in [0.3, 0.4) is 0 Å². The summed E-state index contributed by atoms with van der Waals surface area (Å²) in [5.41, 5.74) is 1.09. The lowest BCUT2D eigenvalue weighted by atomic mass is 10.3. The van der Waals surface area contributed by atoms with Gasteiger partial charge in [-0.2, -0.15) is 0 Å². The average molecular weight is 177 g/mol. The molecule has 0 aromatic carbocycles. The molecule has 0 bridgehead atoms. The van der Waals surface area contributed by atoms with Crippen LogP contribution < -0.4 is 4.57 Å². The van der Waals surface area contributed by atoms with Crippen molar-refractivity contribution in [3.8, 4) is 11.5 Å². The van der Waals surface area contributed by atoms with Gasteiger partial charge in [0.2, 0.25) is 12.0 Å². The van der Waals surface area contributed by atoms with Crippen molar-refractivity contribution >= 4 is 0 Å². The lowest BCUT2D eigenvalue weighted by molar-refractivity contribution is -0.670. The molecule has 3 heteroatoms. The highest BCUT2D eigenvalue weighted by Crippen LogP contribution is 2.19. The summed E-state index contributed by atoms with van der Waals surface area (Å²) in [5, 5.41) is 0. The third-order valence-corrected chi connectivity index (χ3v) is 2.05. The van der Waals surface area contributed by atoms with E-state index in [1.807, 2.05) is 54.8 Å². The molecule has 0 saturated heterocycles. The van der Waals surface area contributed by atoms with Crippen molar-refractivity contribution in [2.75, 3.05) is 0 Å². The van der Waals surface area contributed by atoms with Crippen LogP contribution in [0.15, 0.2) is 29.1 Å². The summed E-state index contributed by atoms with van der Waals surface area (Å²) < 4.78 is 9.58. The molecule has 0 radical (unpaired) electrons. The van der Waals surface area contributed by atoms with E-state index < -0.39 is 0 Å². The zero-order valence-electron chi connectivity index (χ0n) is 8.11. The van der Waals surface area contributed by atoms with E-state index in [0.717, 1.165) is 17.2 Å². The highest BCUT2D eigenvalue weighted by atomic mass is 16.3. The van der Waals surface area contributed by atoms with Gasteiger partial charge in [-0.25, -0.2) is 9.13 Å². The zero-order chi connectivity index (χ0) is 9.42. The summed E-state index contributed by atoms with van der Waals surface area (Å²) in [6, 6.07) is 3.97. The first kappa shape index (κ1) is 8.10. The molecule has 0 N–H and O–H groups in total. The minimum atomic E-state index is 0.917. The van der Waals surface area contributed by atoms with Crippen LogP contribution in [-0.4, -0.2) is 4.57 Å². The van der Waals surface area contributed by atoms with Gasteiger partial charge in [0.05, 0.1) is 14.1 Å². The fraction of sp³-hybridized carbons (Fsp3) is 0.300. The van der Waals surface area contributed by atoms with Crippen molar-refractivity contribution in [3.05, 3.63) is 30.4 Å². The van der Waals surface area contributed by atoms with Crippen molar-refractivity contribution in [2.45, 2.75) is 6.92 Å². The molecule has 13 heavy (non-hydrogen) atoms. The first-order valence-corrected chi connectivity index (χ1v) is 4.25. The van der Waals surface area contributed by atoms with E-state index >= 15 is 0 Å². The maximum atomic E-state index is 5.53. The maximum Gasteiger partial charge on any atom is 0.243 e. The molecule has 2 rings (SSSR count). The standard InChI is InChI=1S/C10H13N2O/c1-8-4-5-10(13-8)9-6-11(2)7-12(9)3/h4-7H,1-3H3/q+1. The van der Waals surface area contributed by atoms with E-state index in [0.29, 0.717) is 0 Å². The summed E-state index contributed by atoms with van der Waals surface area (Å²) in [5.74, 6) is 1.86. The normalized spacial score (nSPS) is 10.7. The monoisotopic (exact) mass is 177 g/mol. The van der Waals surface area contributed by atoms with Crippen LogP contribution in [0.25, 0.3) is 11.5 Å². The number of hydrogen-bond acceptors (Lipinski definition) is 1. The second kappa shape index (κ2) is 2.76. The predicted octanol–water partition coefficient (Wildman–Crippen LogP) is 1.42. The molecule has 2 aromatic rings. The molecular weight excluding hydrogens is 164 g/mol. The highest BCUT2D eigenvalue weighted by molar-refractivity contribution is 5.50. The summed E-state index contributed by atoms with van der Waals surface area (Å²) in [7, 11) is 4.01. The number of aryl methyl sites for hydroxylation is 3. The second-order valence-corrected chi connectivity index (χ2v) is 3.32. The Labute approximate surface area is 77.2 Å². The molecule has 68 valence electrons. The van der Waals surface area contributed by atoms with E-state index in [1.165, 1.54) is 0 Å². The van der Waals surface area contributed by atoms with E-state index in [4.69, 9.17) is 4.42 Å². The van der Waals surface area contributed by atoms with Gasteiger partial charge >= 0.3 is 0 Å². The van der Waals surface area contributed by atoms with Gasteiger partial charge in [-0.15, -0.1) is 0 Å². The Morgan fingerprint density at radius 3 is 2.62 bits per heavy atom. The predicted molar refractivity (Wildman–Crippen MR) is 49.0 cm³/mol. The summed E-state index contributed by atoms with van der Waals surface area (Å²) >= 11 is 0.